The Bertz CT molecular complexity index is 392. The van der Waals surface area contributed by atoms with Gasteiger partial charge in [-0.3, -0.25) is 9.89 Å². The molecule has 0 aromatic rings. The van der Waals surface area contributed by atoms with E-state index in [1.807, 2.05) is 4.90 Å². The van der Waals surface area contributed by atoms with Crippen LogP contribution in [0.4, 0.5) is 13.2 Å². The van der Waals surface area contributed by atoms with Crippen LogP contribution in [0.5, 0.6) is 0 Å². The topological polar surface area (TPSA) is 60.3 Å². The fourth-order valence-electron chi connectivity index (χ4n) is 2.81. The molecular formula is C13H24F3IN4O2. The fourth-order valence-corrected chi connectivity index (χ4v) is 2.81. The Morgan fingerprint density at radius 3 is 2.57 bits per heavy atom. The molecule has 2 atom stereocenters. The summed E-state index contributed by atoms with van der Waals surface area (Å²) in [6.45, 7) is 4.09. The number of hydrogen-bond donors (Lipinski definition) is 2. The Kier molecular flexibility index (Phi) is 8.31. The zero-order chi connectivity index (χ0) is 16.2. The van der Waals surface area contributed by atoms with Gasteiger partial charge >= 0.3 is 6.18 Å². The smallest absolute Gasteiger partial charge is 0.382 e. The second-order valence-electron chi connectivity index (χ2n) is 5.52. The van der Waals surface area contributed by atoms with Crippen LogP contribution < -0.4 is 5.32 Å². The summed E-state index contributed by atoms with van der Waals surface area (Å²) in [5, 5.41) is 11.6. The van der Waals surface area contributed by atoms with Gasteiger partial charge in [0.15, 0.2) is 12.1 Å². The largest absolute Gasteiger partial charge is 0.416 e. The van der Waals surface area contributed by atoms with Crippen molar-refractivity contribution in [3.05, 3.63) is 0 Å². The molecule has 2 unspecified atom stereocenters. The van der Waals surface area contributed by atoms with Crippen molar-refractivity contribution in [2.75, 3.05) is 53.0 Å². The number of rotatable bonds is 3. The van der Waals surface area contributed by atoms with Gasteiger partial charge in [0.05, 0.1) is 19.8 Å². The lowest BCUT2D eigenvalue weighted by Gasteiger charge is -2.32. The number of guanidine groups is 1. The average molecular weight is 452 g/mol. The number of alkyl halides is 3. The molecule has 2 aliphatic heterocycles. The minimum Gasteiger partial charge on any atom is -0.382 e. The highest BCUT2D eigenvalue weighted by atomic mass is 127. The van der Waals surface area contributed by atoms with Gasteiger partial charge in [-0.2, -0.15) is 13.2 Å². The molecular weight excluding hydrogens is 428 g/mol. The number of ether oxygens (including phenoxy) is 1. The molecule has 23 heavy (non-hydrogen) atoms. The van der Waals surface area contributed by atoms with E-state index in [1.165, 1.54) is 7.05 Å². The normalized spacial score (nSPS) is 25.2. The van der Waals surface area contributed by atoms with Gasteiger partial charge in [0.2, 0.25) is 0 Å². The molecule has 0 aliphatic carbocycles. The monoisotopic (exact) mass is 452 g/mol. The Labute approximate surface area is 151 Å². The predicted octanol–water partition coefficient (Wildman–Crippen LogP) is 0.509. The Morgan fingerprint density at radius 1 is 1.35 bits per heavy atom. The summed E-state index contributed by atoms with van der Waals surface area (Å²) in [7, 11) is 1.53. The molecule has 2 heterocycles. The first-order valence-corrected chi connectivity index (χ1v) is 7.44. The predicted molar refractivity (Wildman–Crippen MR) is 91.2 cm³/mol. The van der Waals surface area contributed by atoms with Crippen LogP contribution in [-0.2, 0) is 4.74 Å². The van der Waals surface area contributed by atoms with Crippen molar-refractivity contribution >= 4 is 29.9 Å². The summed E-state index contributed by atoms with van der Waals surface area (Å²) in [5.74, 6) is 0.402. The zero-order valence-corrected chi connectivity index (χ0v) is 15.4. The summed E-state index contributed by atoms with van der Waals surface area (Å²) in [4.78, 5) is 8.30. The van der Waals surface area contributed by atoms with Gasteiger partial charge in [-0.1, -0.05) is 0 Å². The van der Waals surface area contributed by atoms with Gasteiger partial charge < -0.3 is 20.1 Å². The van der Waals surface area contributed by atoms with Crippen LogP contribution >= 0.6 is 24.0 Å². The van der Waals surface area contributed by atoms with Crippen LogP contribution in [0.25, 0.3) is 0 Å². The molecule has 0 amide bonds. The molecule has 2 N–H and O–H groups in total. The molecule has 0 radical (unpaired) electrons. The van der Waals surface area contributed by atoms with Crippen molar-refractivity contribution in [2.24, 2.45) is 4.99 Å². The van der Waals surface area contributed by atoms with Gasteiger partial charge in [-0.15, -0.1) is 24.0 Å². The first kappa shape index (κ1) is 20.7. The van der Waals surface area contributed by atoms with Crippen LogP contribution in [0.3, 0.4) is 0 Å². The quantitative estimate of drug-likeness (QED) is 0.372. The maximum Gasteiger partial charge on any atom is 0.416 e. The molecule has 2 fully saturated rings. The number of morpholine rings is 1. The number of likely N-dealkylation sites (tertiary alicyclic amines) is 1. The Hall–Kier alpha value is -0.330. The van der Waals surface area contributed by atoms with E-state index in [0.717, 1.165) is 45.8 Å². The number of aliphatic hydroxyl groups excluding tert-OH is 1. The third-order valence-electron chi connectivity index (χ3n) is 4.07. The summed E-state index contributed by atoms with van der Waals surface area (Å²) < 4.78 is 42.3. The molecule has 136 valence electrons. The molecule has 0 bridgehead atoms. The van der Waals surface area contributed by atoms with Crippen LogP contribution in [-0.4, -0.2) is 92.2 Å². The lowest BCUT2D eigenvalue weighted by atomic mass is 10.2. The minimum atomic E-state index is -4.62. The molecule has 6 nitrogen and oxygen atoms in total. The molecule has 2 saturated heterocycles. The van der Waals surface area contributed by atoms with E-state index in [0.29, 0.717) is 12.0 Å². The lowest BCUT2D eigenvalue weighted by Crippen LogP contribution is -2.48. The summed E-state index contributed by atoms with van der Waals surface area (Å²) in [5.41, 5.74) is 0. The van der Waals surface area contributed by atoms with Crippen molar-refractivity contribution in [1.29, 1.82) is 0 Å². The lowest BCUT2D eigenvalue weighted by molar-refractivity contribution is -0.201. The first-order chi connectivity index (χ1) is 10.4. The average Bonchev–Trinajstić information content (AvgIpc) is 2.97. The van der Waals surface area contributed by atoms with Crippen LogP contribution in [0, 0.1) is 0 Å². The second kappa shape index (κ2) is 9.23. The van der Waals surface area contributed by atoms with Gasteiger partial charge in [-0.25, -0.2) is 0 Å². The highest BCUT2D eigenvalue weighted by Gasteiger charge is 2.38. The summed E-state index contributed by atoms with van der Waals surface area (Å²) >= 11 is 0. The van der Waals surface area contributed by atoms with Crippen molar-refractivity contribution in [2.45, 2.75) is 24.7 Å². The van der Waals surface area contributed by atoms with E-state index in [1.54, 1.807) is 0 Å². The molecule has 0 aromatic carbocycles. The molecule has 0 saturated carbocycles. The van der Waals surface area contributed by atoms with Crippen molar-refractivity contribution in [3.8, 4) is 0 Å². The number of nitrogens with one attached hydrogen (secondary N) is 1. The molecule has 2 rings (SSSR count). The van der Waals surface area contributed by atoms with Crippen molar-refractivity contribution in [1.82, 2.24) is 15.1 Å². The standard InChI is InChI=1S/C13H23F3N4O2.HI/c1-17-12(18-8-11(21)13(14,15)16)20-3-2-10(9-20)19-4-6-22-7-5-19;/h10-11,21H,2-9H2,1H3,(H,17,18);1H. The Balaban J connectivity index is 0.00000264. The molecule has 10 heteroatoms. The van der Waals surface area contributed by atoms with Gasteiger partial charge in [-0.05, 0) is 6.42 Å². The van der Waals surface area contributed by atoms with Crippen LogP contribution in [0.2, 0.25) is 0 Å². The van der Waals surface area contributed by atoms with Crippen LogP contribution in [0.15, 0.2) is 4.99 Å². The highest BCUT2D eigenvalue weighted by Crippen LogP contribution is 2.20. The second-order valence-corrected chi connectivity index (χ2v) is 5.52. The minimum absolute atomic E-state index is 0. The van der Waals surface area contributed by atoms with Crippen molar-refractivity contribution in [3.63, 3.8) is 0 Å². The van der Waals surface area contributed by atoms with Gasteiger partial charge in [0.25, 0.3) is 0 Å². The van der Waals surface area contributed by atoms with E-state index < -0.39 is 18.8 Å². The maximum absolute atomic E-state index is 12.3. The fraction of sp³-hybridized carbons (Fsp3) is 0.923. The number of nitrogens with zero attached hydrogens (tertiary/aromatic N) is 3. The first-order valence-electron chi connectivity index (χ1n) is 7.44. The van der Waals surface area contributed by atoms with Crippen LogP contribution in [0.1, 0.15) is 6.42 Å². The van der Waals surface area contributed by atoms with E-state index in [2.05, 4.69) is 15.2 Å². The summed E-state index contributed by atoms with van der Waals surface area (Å²) in [6, 6.07) is 0.370. The third-order valence-corrected chi connectivity index (χ3v) is 4.07. The third kappa shape index (κ3) is 5.91. The maximum atomic E-state index is 12.3. The molecule has 0 aromatic heterocycles. The van der Waals surface area contributed by atoms with Crippen molar-refractivity contribution < 1.29 is 23.0 Å². The highest BCUT2D eigenvalue weighted by molar-refractivity contribution is 14.0. The van der Waals surface area contributed by atoms with E-state index in [-0.39, 0.29) is 24.0 Å². The molecule has 2 aliphatic rings. The number of halogens is 4. The number of hydrogen-bond acceptors (Lipinski definition) is 4. The summed E-state index contributed by atoms with van der Waals surface area (Å²) in [6.07, 6.45) is -6.06. The SMILES string of the molecule is CN=C(NCC(O)C(F)(F)F)N1CCC(N2CCOCC2)C1.I. The molecule has 0 spiro atoms. The van der Waals surface area contributed by atoms with Gasteiger partial charge in [0.1, 0.15) is 0 Å². The number of aliphatic hydroxyl groups is 1. The van der Waals surface area contributed by atoms with E-state index in [9.17, 15) is 13.2 Å². The number of aliphatic imine (C=N–C) groups is 1. The van der Waals surface area contributed by atoms with E-state index >= 15 is 0 Å². The van der Waals surface area contributed by atoms with Gasteiger partial charge in [0, 0.05) is 39.3 Å². The van der Waals surface area contributed by atoms with E-state index in [4.69, 9.17) is 9.84 Å². The Morgan fingerprint density at radius 2 is 2.00 bits per heavy atom. The zero-order valence-electron chi connectivity index (χ0n) is 13.1.